The number of nitrogens with one attached hydrogen (secondary N) is 2. The maximum absolute atomic E-state index is 12.2. The molecule has 3 aromatic rings. The summed E-state index contributed by atoms with van der Waals surface area (Å²) in [5, 5.41) is 16.0. The van der Waals surface area contributed by atoms with Crippen molar-refractivity contribution in [2.24, 2.45) is 5.92 Å². The van der Waals surface area contributed by atoms with E-state index in [2.05, 4.69) is 35.5 Å². The fourth-order valence-electron chi connectivity index (χ4n) is 3.35. The largest absolute Gasteiger partial charge is 0.481 e. The standard InChI is InChI=1S/C24H27N3O3/c1-16(2)13-22(27-20-14-19-5-3-4-6-21(19)26-15-20)17-7-9-18(10-8-17)24(30)25-12-11-23(28)29/h3-10,14-16,22,27H,11-13H2,1-2H3,(H,25,30)(H,28,29)/t22-/m1/s1. The van der Waals surface area contributed by atoms with Crippen LogP contribution in [0.25, 0.3) is 10.9 Å². The molecular weight excluding hydrogens is 378 g/mol. The summed E-state index contributed by atoms with van der Waals surface area (Å²) in [5.41, 5.74) is 3.51. The number of anilines is 1. The number of hydrogen-bond acceptors (Lipinski definition) is 4. The van der Waals surface area contributed by atoms with E-state index in [9.17, 15) is 9.59 Å². The summed E-state index contributed by atoms with van der Waals surface area (Å²) in [6, 6.07) is 17.6. The molecule has 156 valence electrons. The first-order chi connectivity index (χ1) is 14.4. The van der Waals surface area contributed by atoms with Gasteiger partial charge in [-0.3, -0.25) is 14.6 Å². The number of carboxylic acids is 1. The number of amides is 1. The molecule has 0 aliphatic heterocycles. The van der Waals surface area contributed by atoms with Crippen LogP contribution in [0, 0.1) is 5.92 Å². The zero-order chi connectivity index (χ0) is 21.5. The van der Waals surface area contributed by atoms with Gasteiger partial charge in [-0.1, -0.05) is 44.2 Å². The lowest BCUT2D eigenvalue weighted by Crippen LogP contribution is -2.26. The fraction of sp³-hybridized carbons (Fsp3) is 0.292. The van der Waals surface area contributed by atoms with Gasteiger partial charge >= 0.3 is 5.97 Å². The van der Waals surface area contributed by atoms with E-state index in [1.54, 1.807) is 12.1 Å². The molecule has 3 N–H and O–H groups in total. The SMILES string of the molecule is CC(C)C[C@@H](Nc1cnc2ccccc2c1)c1ccc(C(=O)NCCC(=O)O)cc1. The number of para-hydroxylation sites is 1. The third kappa shape index (κ3) is 5.80. The van der Waals surface area contributed by atoms with Gasteiger partial charge in [-0.15, -0.1) is 0 Å². The van der Waals surface area contributed by atoms with Gasteiger partial charge in [0.1, 0.15) is 0 Å². The predicted octanol–water partition coefficient (Wildman–Crippen LogP) is 4.64. The molecule has 0 radical (unpaired) electrons. The van der Waals surface area contributed by atoms with Gasteiger partial charge in [0.05, 0.1) is 29.9 Å². The van der Waals surface area contributed by atoms with E-state index in [1.165, 1.54) is 0 Å². The van der Waals surface area contributed by atoms with Crippen molar-refractivity contribution in [1.29, 1.82) is 0 Å². The van der Waals surface area contributed by atoms with E-state index >= 15 is 0 Å². The summed E-state index contributed by atoms with van der Waals surface area (Å²) in [6.45, 7) is 4.47. The van der Waals surface area contributed by atoms with Gasteiger partial charge < -0.3 is 15.7 Å². The Labute approximate surface area is 176 Å². The van der Waals surface area contributed by atoms with Gasteiger partial charge in [0, 0.05) is 17.5 Å². The number of pyridine rings is 1. The van der Waals surface area contributed by atoms with Crippen LogP contribution < -0.4 is 10.6 Å². The van der Waals surface area contributed by atoms with Crippen molar-refractivity contribution in [2.45, 2.75) is 32.7 Å². The zero-order valence-corrected chi connectivity index (χ0v) is 17.3. The summed E-state index contributed by atoms with van der Waals surface area (Å²) in [5.74, 6) is -0.721. The first-order valence-electron chi connectivity index (χ1n) is 10.1. The number of benzene rings is 2. The Bertz CT molecular complexity index is 1020. The normalized spacial score (nSPS) is 12.0. The Hall–Kier alpha value is -3.41. The maximum atomic E-state index is 12.2. The van der Waals surface area contributed by atoms with E-state index in [1.807, 2.05) is 42.6 Å². The quantitative estimate of drug-likeness (QED) is 0.482. The first-order valence-corrected chi connectivity index (χ1v) is 10.1. The van der Waals surface area contributed by atoms with Gasteiger partial charge in [0.2, 0.25) is 0 Å². The molecule has 1 atom stereocenters. The molecule has 0 fully saturated rings. The Morgan fingerprint density at radius 2 is 1.80 bits per heavy atom. The molecule has 2 aromatic carbocycles. The minimum absolute atomic E-state index is 0.0806. The lowest BCUT2D eigenvalue weighted by atomic mass is 9.96. The Morgan fingerprint density at radius 1 is 1.07 bits per heavy atom. The van der Waals surface area contributed by atoms with Crippen LogP contribution in [-0.2, 0) is 4.79 Å². The average Bonchev–Trinajstić information content (AvgIpc) is 2.72. The summed E-state index contributed by atoms with van der Waals surface area (Å²) in [7, 11) is 0. The molecule has 6 nitrogen and oxygen atoms in total. The number of carbonyl (C=O) groups is 2. The molecule has 0 saturated carbocycles. The zero-order valence-electron chi connectivity index (χ0n) is 17.3. The Kier molecular flexibility index (Phi) is 7.01. The van der Waals surface area contributed by atoms with Gasteiger partial charge in [-0.2, -0.15) is 0 Å². The Morgan fingerprint density at radius 3 is 2.50 bits per heavy atom. The summed E-state index contributed by atoms with van der Waals surface area (Å²) in [6.07, 6.45) is 2.68. The van der Waals surface area contributed by atoms with Crippen LogP contribution in [0.3, 0.4) is 0 Å². The molecule has 6 heteroatoms. The molecule has 30 heavy (non-hydrogen) atoms. The van der Waals surface area contributed by atoms with Crippen molar-refractivity contribution in [1.82, 2.24) is 10.3 Å². The first kappa shape index (κ1) is 21.3. The van der Waals surface area contributed by atoms with Crippen LogP contribution in [0.1, 0.15) is 48.7 Å². The van der Waals surface area contributed by atoms with Crippen molar-refractivity contribution in [3.05, 3.63) is 71.9 Å². The van der Waals surface area contributed by atoms with E-state index < -0.39 is 5.97 Å². The minimum atomic E-state index is -0.934. The third-order valence-corrected chi connectivity index (χ3v) is 4.84. The van der Waals surface area contributed by atoms with Crippen molar-refractivity contribution >= 4 is 28.5 Å². The number of aliphatic carboxylic acids is 1. The van der Waals surface area contributed by atoms with Gasteiger partial charge in [-0.05, 0) is 42.2 Å². The number of nitrogens with zero attached hydrogens (tertiary/aromatic N) is 1. The lowest BCUT2D eigenvalue weighted by molar-refractivity contribution is -0.136. The molecule has 0 aliphatic carbocycles. The topological polar surface area (TPSA) is 91.3 Å². The Balaban J connectivity index is 1.74. The molecule has 0 aliphatic rings. The highest BCUT2D eigenvalue weighted by Crippen LogP contribution is 2.27. The second-order valence-electron chi connectivity index (χ2n) is 7.76. The van der Waals surface area contributed by atoms with E-state index in [4.69, 9.17) is 5.11 Å². The summed E-state index contributed by atoms with van der Waals surface area (Å²) >= 11 is 0. The number of fused-ring (bicyclic) bond motifs is 1. The van der Waals surface area contributed by atoms with E-state index in [-0.39, 0.29) is 24.9 Å². The van der Waals surface area contributed by atoms with Crippen LogP contribution in [0.5, 0.6) is 0 Å². The maximum Gasteiger partial charge on any atom is 0.305 e. The molecule has 1 heterocycles. The van der Waals surface area contributed by atoms with Crippen molar-refractivity contribution in [2.75, 3.05) is 11.9 Å². The van der Waals surface area contributed by atoms with Gasteiger partial charge in [-0.25, -0.2) is 0 Å². The molecular formula is C24H27N3O3. The number of aromatic nitrogens is 1. The summed E-state index contributed by atoms with van der Waals surface area (Å²) in [4.78, 5) is 27.3. The second kappa shape index (κ2) is 9.87. The summed E-state index contributed by atoms with van der Waals surface area (Å²) < 4.78 is 0. The molecule has 0 saturated heterocycles. The van der Waals surface area contributed by atoms with Crippen LogP contribution in [0.15, 0.2) is 60.8 Å². The predicted molar refractivity (Wildman–Crippen MR) is 119 cm³/mol. The number of rotatable bonds is 9. The van der Waals surface area contributed by atoms with Crippen LogP contribution >= 0.6 is 0 Å². The molecule has 1 aromatic heterocycles. The van der Waals surface area contributed by atoms with E-state index in [0.717, 1.165) is 28.6 Å². The molecule has 0 bridgehead atoms. The van der Waals surface area contributed by atoms with Crippen molar-refractivity contribution < 1.29 is 14.7 Å². The van der Waals surface area contributed by atoms with Crippen LogP contribution in [0.2, 0.25) is 0 Å². The molecule has 1 amide bonds. The van der Waals surface area contributed by atoms with Crippen LogP contribution in [-0.4, -0.2) is 28.5 Å². The van der Waals surface area contributed by atoms with E-state index in [0.29, 0.717) is 11.5 Å². The molecule has 0 spiro atoms. The monoisotopic (exact) mass is 405 g/mol. The lowest BCUT2D eigenvalue weighted by Gasteiger charge is -2.22. The van der Waals surface area contributed by atoms with Gasteiger partial charge in [0.25, 0.3) is 5.91 Å². The number of carbonyl (C=O) groups excluding carboxylic acids is 1. The highest BCUT2D eigenvalue weighted by Gasteiger charge is 2.15. The fourth-order valence-corrected chi connectivity index (χ4v) is 3.35. The number of hydrogen-bond donors (Lipinski definition) is 3. The minimum Gasteiger partial charge on any atom is -0.481 e. The smallest absolute Gasteiger partial charge is 0.305 e. The molecule has 0 unspecified atom stereocenters. The highest BCUT2D eigenvalue weighted by molar-refractivity contribution is 5.94. The highest BCUT2D eigenvalue weighted by atomic mass is 16.4. The third-order valence-electron chi connectivity index (χ3n) is 4.84. The number of carboxylic acid groups (broad SMARTS) is 1. The van der Waals surface area contributed by atoms with Crippen LogP contribution in [0.4, 0.5) is 5.69 Å². The second-order valence-corrected chi connectivity index (χ2v) is 7.76. The van der Waals surface area contributed by atoms with Gasteiger partial charge in [0.15, 0.2) is 0 Å². The average molecular weight is 405 g/mol. The van der Waals surface area contributed by atoms with Crippen molar-refractivity contribution in [3.63, 3.8) is 0 Å². The van der Waals surface area contributed by atoms with Crippen molar-refractivity contribution in [3.8, 4) is 0 Å². The molecule has 3 rings (SSSR count).